The van der Waals surface area contributed by atoms with Crippen molar-refractivity contribution in [3.8, 4) is 0 Å². The van der Waals surface area contributed by atoms with Gasteiger partial charge < -0.3 is 0 Å². The van der Waals surface area contributed by atoms with Crippen molar-refractivity contribution in [3.05, 3.63) is 23.8 Å². The molecule has 0 saturated carbocycles. The molecule has 0 N–H and O–H groups in total. The van der Waals surface area contributed by atoms with Crippen molar-refractivity contribution in [3.63, 3.8) is 0 Å². The van der Waals surface area contributed by atoms with Gasteiger partial charge in [-0.05, 0) is 6.92 Å². The molecule has 0 spiro atoms. The average Bonchev–Trinajstić information content (AvgIpc) is 2.14. The van der Waals surface area contributed by atoms with Crippen LogP contribution in [0.3, 0.4) is 0 Å². The first-order valence-corrected chi connectivity index (χ1v) is 3.10. The normalized spacial score (nSPS) is 18.1. The van der Waals surface area contributed by atoms with E-state index in [2.05, 4.69) is 21.4 Å². The van der Waals surface area contributed by atoms with Gasteiger partial charge in [0.1, 0.15) is 0 Å². The Bertz CT molecular complexity index is 276. The van der Waals surface area contributed by atoms with E-state index in [0.29, 0.717) is 0 Å². The van der Waals surface area contributed by atoms with E-state index in [4.69, 9.17) is 0 Å². The fourth-order valence-electron chi connectivity index (χ4n) is 0.686. The van der Waals surface area contributed by atoms with Crippen molar-refractivity contribution >= 4 is 11.9 Å². The largest absolute Gasteiger partial charge is 0.377 e. The Morgan fingerprint density at radius 3 is 2.42 bits per heavy atom. The van der Waals surface area contributed by atoms with E-state index in [1.54, 1.807) is 0 Å². The molecule has 0 aliphatic carbocycles. The van der Waals surface area contributed by atoms with Crippen LogP contribution in [0.4, 0.5) is 0 Å². The molecule has 1 aliphatic rings. The van der Waals surface area contributed by atoms with Gasteiger partial charge in [-0.25, -0.2) is 9.59 Å². The summed E-state index contributed by atoms with van der Waals surface area (Å²) in [5.74, 6) is -1.57. The van der Waals surface area contributed by atoms with Gasteiger partial charge in [0.2, 0.25) is 0 Å². The van der Waals surface area contributed by atoms with E-state index in [1.165, 1.54) is 13.0 Å². The molecule has 0 aromatic carbocycles. The van der Waals surface area contributed by atoms with Crippen LogP contribution in [0.25, 0.3) is 0 Å². The quantitative estimate of drug-likeness (QED) is 0.534. The molecule has 1 aliphatic heterocycles. The highest BCUT2D eigenvalue weighted by molar-refractivity contribution is 6.02. The molecule has 5 nitrogen and oxygen atoms in total. The van der Waals surface area contributed by atoms with Crippen molar-refractivity contribution in [2.75, 3.05) is 0 Å². The zero-order chi connectivity index (χ0) is 9.14. The Morgan fingerprint density at radius 1 is 1.25 bits per heavy atom. The molecule has 0 atom stereocenters. The van der Waals surface area contributed by atoms with Crippen LogP contribution < -0.4 is 0 Å². The van der Waals surface area contributed by atoms with Crippen molar-refractivity contribution < 1.29 is 24.4 Å². The maximum absolute atomic E-state index is 10.9. The summed E-state index contributed by atoms with van der Waals surface area (Å²) in [6.45, 7) is 4.75. The summed E-state index contributed by atoms with van der Waals surface area (Å²) in [5.41, 5.74) is 0.144. The number of rotatable bonds is 1. The molecule has 0 bridgehead atoms. The zero-order valence-electron chi connectivity index (χ0n) is 6.33. The molecule has 1 rings (SSSR count). The molecule has 0 amide bonds. The predicted molar refractivity (Wildman–Crippen MR) is 36.2 cm³/mol. The van der Waals surface area contributed by atoms with Crippen LogP contribution in [0.5, 0.6) is 0 Å². The van der Waals surface area contributed by atoms with Crippen LogP contribution in [0.1, 0.15) is 6.92 Å². The van der Waals surface area contributed by atoms with Gasteiger partial charge in [-0.1, -0.05) is 12.7 Å². The number of hydrogen-bond donors (Lipinski definition) is 0. The second-order valence-corrected chi connectivity index (χ2v) is 2.05. The molecule has 0 radical (unpaired) electrons. The van der Waals surface area contributed by atoms with Crippen LogP contribution >= 0.6 is 0 Å². The Balaban J connectivity index is 3.10. The molecule has 12 heavy (non-hydrogen) atoms. The van der Waals surface area contributed by atoms with E-state index in [-0.39, 0.29) is 11.1 Å². The first-order valence-electron chi connectivity index (χ1n) is 3.10. The highest BCUT2D eigenvalue weighted by Gasteiger charge is 2.23. The van der Waals surface area contributed by atoms with Gasteiger partial charge in [0, 0.05) is 5.04 Å². The molecule has 5 heteroatoms. The monoisotopic (exact) mass is 170 g/mol. The lowest BCUT2D eigenvalue weighted by Crippen LogP contribution is -2.04. The van der Waals surface area contributed by atoms with Gasteiger partial charge in [0.05, 0.1) is 11.1 Å². The van der Waals surface area contributed by atoms with E-state index in [1.807, 2.05) is 0 Å². The third-order valence-corrected chi connectivity index (χ3v) is 1.35. The smallest absolute Gasteiger partial charge is 0.254 e. The molecule has 0 unspecified atom stereocenters. The first-order chi connectivity index (χ1) is 5.66. The second kappa shape index (κ2) is 3.19. The topological polar surface area (TPSA) is 61.8 Å². The van der Waals surface area contributed by atoms with E-state index < -0.39 is 11.9 Å². The van der Waals surface area contributed by atoms with Gasteiger partial charge in [0.15, 0.2) is 0 Å². The summed E-state index contributed by atoms with van der Waals surface area (Å²) >= 11 is 0. The molecule has 1 heterocycles. The molecular formula is C7H6O5. The maximum Gasteiger partial charge on any atom is 0.377 e. The molecule has 0 aromatic rings. The summed E-state index contributed by atoms with van der Waals surface area (Å²) in [5, 5.41) is 3.83. The standard InChI is InChI=1S/C7H6O5/c1-3-5-4(2)6(8)10-12-11-7(5)9/h3H,1H2,2H3. The van der Waals surface area contributed by atoms with Crippen LogP contribution in [0.2, 0.25) is 0 Å². The molecule has 0 saturated heterocycles. The van der Waals surface area contributed by atoms with Crippen molar-refractivity contribution in [1.29, 1.82) is 0 Å². The lowest BCUT2D eigenvalue weighted by Gasteiger charge is -1.93. The van der Waals surface area contributed by atoms with Crippen LogP contribution in [0.15, 0.2) is 23.8 Å². The highest BCUT2D eigenvalue weighted by Crippen LogP contribution is 2.13. The van der Waals surface area contributed by atoms with Crippen molar-refractivity contribution in [1.82, 2.24) is 0 Å². The minimum Gasteiger partial charge on any atom is -0.254 e. The predicted octanol–water partition coefficient (Wildman–Crippen LogP) is 0.435. The summed E-state index contributed by atoms with van der Waals surface area (Å²) in [6, 6.07) is 0. The second-order valence-electron chi connectivity index (χ2n) is 2.05. The first kappa shape index (κ1) is 8.48. The van der Waals surface area contributed by atoms with Gasteiger partial charge in [0.25, 0.3) is 0 Å². The molecule has 0 aromatic heterocycles. The average molecular weight is 170 g/mol. The fourth-order valence-corrected chi connectivity index (χ4v) is 0.686. The Hall–Kier alpha value is -1.62. The fraction of sp³-hybridized carbons (Fsp3) is 0.143. The van der Waals surface area contributed by atoms with Crippen LogP contribution in [-0.4, -0.2) is 11.9 Å². The van der Waals surface area contributed by atoms with E-state index >= 15 is 0 Å². The Labute approximate surface area is 68.1 Å². The molecular weight excluding hydrogens is 164 g/mol. The van der Waals surface area contributed by atoms with Crippen LogP contribution in [0, 0.1) is 0 Å². The summed E-state index contributed by atoms with van der Waals surface area (Å²) < 4.78 is 0. The summed E-state index contributed by atoms with van der Waals surface area (Å²) in [6.07, 6.45) is 1.20. The Kier molecular flexibility index (Phi) is 2.25. The lowest BCUT2D eigenvalue weighted by molar-refractivity contribution is -0.454. The third-order valence-electron chi connectivity index (χ3n) is 1.35. The van der Waals surface area contributed by atoms with Gasteiger partial charge in [-0.3, -0.25) is 9.78 Å². The van der Waals surface area contributed by atoms with E-state index in [0.717, 1.165) is 0 Å². The van der Waals surface area contributed by atoms with Crippen LogP contribution in [-0.2, 0) is 24.4 Å². The number of carbonyl (C=O) groups is 2. The van der Waals surface area contributed by atoms with E-state index in [9.17, 15) is 9.59 Å². The maximum atomic E-state index is 10.9. The van der Waals surface area contributed by atoms with Gasteiger partial charge in [-0.2, -0.15) is 0 Å². The zero-order valence-corrected chi connectivity index (χ0v) is 6.33. The Morgan fingerprint density at radius 2 is 1.83 bits per heavy atom. The number of hydrogen-bond acceptors (Lipinski definition) is 5. The van der Waals surface area contributed by atoms with Crippen molar-refractivity contribution in [2.24, 2.45) is 0 Å². The molecule has 64 valence electrons. The van der Waals surface area contributed by atoms with Gasteiger partial charge >= 0.3 is 11.9 Å². The number of carbonyl (C=O) groups excluding carboxylic acids is 2. The minimum atomic E-state index is -0.798. The lowest BCUT2D eigenvalue weighted by atomic mass is 10.1. The van der Waals surface area contributed by atoms with Crippen molar-refractivity contribution in [2.45, 2.75) is 6.92 Å². The minimum absolute atomic E-state index is 0.0394. The van der Waals surface area contributed by atoms with Gasteiger partial charge in [-0.15, -0.1) is 0 Å². The SMILES string of the molecule is C=CC1=C(C)C(=O)OOOC1=O. The summed E-state index contributed by atoms with van der Waals surface area (Å²) in [7, 11) is 0. The highest BCUT2D eigenvalue weighted by atomic mass is 17.5. The summed E-state index contributed by atoms with van der Waals surface area (Å²) in [4.78, 5) is 29.8. The third kappa shape index (κ3) is 1.35. The molecule has 0 fully saturated rings.